The fourth-order valence-corrected chi connectivity index (χ4v) is 4.79. The number of nitrogens with one attached hydrogen (secondary N) is 1. The summed E-state index contributed by atoms with van der Waals surface area (Å²) in [5.41, 5.74) is 2.68. The van der Waals surface area contributed by atoms with Gasteiger partial charge in [0.25, 0.3) is 5.91 Å². The largest absolute Gasteiger partial charge is 0.352 e. The quantitative estimate of drug-likeness (QED) is 0.791. The maximum atomic E-state index is 12.6. The zero-order valence-corrected chi connectivity index (χ0v) is 16.9. The lowest BCUT2D eigenvalue weighted by Gasteiger charge is -2.35. The molecule has 0 aromatic heterocycles. The van der Waals surface area contributed by atoms with E-state index in [0.29, 0.717) is 30.3 Å². The van der Waals surface area contributed by atoms with Gasteiger partial charge >= 0.3 is 0 Å². The molecule has 0 unspecified atom stereocenters. The Morgan fingerprint density at radius 3 is 2.55 bits per heavy atom. The monoisotopic (exact) mass is 409 g/mol. The Bertz CT molecular complexity index is 901. The van der Waals surface area contributed by atoms with Crippen LogP contribution in [0.1, 0.15) is 21.5 Å². The van der Waals surface area contributed by atoms with Crippen molar-refractivity contribution in [3.63, 3.8) is 0 Å². The van der Waals surface area contributed by atoms with Crippen molar-refractivity contribution in [1.82, 2.24) is 15.1 Å². The van der Waals surface area contributed by atoms with Gasteiger partial charge in [0.1, 0.15) is 12.6 Å². The molecule has 0 bridgehead atoms. The SMILES string of the molecule is O=C(NCCc1ccccc1)c1ccc(CN2CC(=O)N3CSC[C@H]3C2=O)cc1. The molecule has 0 saturated carbocycles. The third-order valence-electron chi connectivity index (χ3n) is 5.26. The van der Waals surface area contributed by atoms with E-state index < -0.39 is 0 Å². The summed E-state index contributed by atoms with van der Waals surface area (Å²) in [5.74, 6) is 1.18. The minimum atomic E-state index is -0.323. The maximum Gasteiger partial charge on any atom is 0.251 e. The Morgan fingerprint density at radius 2 is 1.79 bits per heavy atom. The summed E-state index contributed by atoms with van der Waals surface area (Å²) >= 11 is 1.62. The van der Waals surface area contributed by atoms with Gasteiger partial charge in [-0.05, 0) is 29.7 Å². The number of rotatable bonds is 6. The van der Waals surface area contributed by atoms with Crippen LogP contribution in [0.2, 0.25) is 0 Å². The summed E-state index contributed by atoms with van der Waals surface area (Å²) in [4.78, 5) is 40.5. The topological polar surface area (TPSA) is 69.7 Å². The van der Waals surface area contributed by atoms with E-state index in [9.17, 15) is 14.4 Å². The van der Waals surface area contributed by atoms with Gasteiger partial charge < -0.3 is 15.1 Å². The van der Waals surface area contributed by atoms with Gasteiger partial charge in [0.15, 0.2) is 0 Å². The zero-order valence-electron chi connectivity index (χ0n) is 16.0. The molecule has 0 spiro atoms. The average Bonchev–Trinajstić information content (AvgIpc) is 3.24. The summed E-state index contributed by atoms with van der Waals surface area (Å²) in [5, 5.41) is 2.93. The summed E-state index contributed by atoms with van der Waals surface area (Å²) in [6.07, 6.45) is 0.784. The molecule has 2 saturated heterocycles. The number of carbonyl (C=O) groups is 3. The number of nitrogens with zero attached hydrogens (tertiary/aromatic N) is 2. The number of benzene rings is 2. The molecule has 2 aliphatic heterocycles. The first-order chi connectivity index (χ1) is 14.1. The number of hydrogen-bond acceptors (Lipinski definition) is 4. The Balaban J connectivity index is 1.31. The molecule has 7 heteroatoms. The van der Waals surface area contributed by atoms with Gasteiger partial charge in [0.2, 0.25) is 11.8 Å². The van der Waals surface area contributed by atoms with E-state index in [-0.39, 0.29) is 30.3 Å². The molecular weight excluding hydrogens is 386 g/mol. The van der Waals surface area contributed by atoms with Crippen molar-refractivity contribution in [2.75, 3.05) is 24.7 Å². The number of piperazine rings is 1. The second kappa shape index (κ2) is 8.69. The normalized spacial score (nSPS) is 18.7. The van der Waals surface area contributed by atoms with Gasteiger partial charge in [0, 0.05) is 24.4 Å². The summed E-state index contributed by atoms with van der Waals surface area (Å²) in [6.45, 7) is 1.08. The van der Waals surface area contributed by atoms with Crippen molar-refractivity contribution in [2.45, 2.75) is 19.0 Å². The third kappa shape index (κ3) is 4.45. The molecule has 1 atom stereocenters. The Kier molecular flexibility index (Phi) is 5.85. The van der Waals surface area contributed by atoms with Crippen molar-refractivity contribution in [3.8, 4) is 0 Å². The molecule has 2 aromatic rings. The van der Waals surface area contributed by atoms with Gasteiger partial charge in [-0.25, -0.2) is 0 Å². The minimum absolute atomic E-state index is 0.00835. The Hall–Kier alpha value is -2.80. The fraction of sp³-hybridized carbons (Fsp3) is 0.318. The van der Waals surface area contributed by atoms with E-state index in [1.165, 1.54) is 5.56 Å². The maximum absolute atomic E-state index is 12.6. The van der Waals surface area contributed by atoms with E-state index >= 15 is 0 Å². The average molecular weight is 410 g/mol. The highest BCUT2D eigenvalue weighted by molar-refractivity contribution is 7.99. The summed E-state index contributed by atoms with van der Waals surface area (Å²) < 4.78 is 0. The molecule has 0 radical (unpaired) electrons. The lowest BCUT2D eigenvalue weighted by molar-refractivity contribution is -0.153. The Morgan fingerprint density at radius 1 is 1.03 bits per heavy atom. The standard InChI is InChI=1S/C22H23N3O3S/c26-20-13-24(22(28)19-14-29-15-25(19)20)12-17-6-8-18(9-7-17)21(27)23-11-10-16-4-2-1-3-5-16/h1-9,19H,10-15H2,(H,23,27)/t19-/m0/s1. The van der Waals surface area contributed by atoms with Crippen LogP contribution in [0, 0.1) is 0 Å². The molecule has 2 fully saturated rings. The minimum Gasteiger partial charge on any atom is -0.352 e. The van der Waals surface area contributed by atoms with Gasteiger partial charge in [-0.15, -0.1) is 11.8 Å². The van der Waals surface area contributed by atoms with E-state index in [4.69, 9.17) is 0 Å². The summed E-state index contributed by atoms with van der Waals surface area (Å²) in [7, 11) is 0. The van der Waals surface area contributed by atoms with Crippen LogP contribution >= 0.6 is 11.8 Å². The number of fused-ring (bicyclic) bond motifs is 1. The smallest absolute Gasteiger partial charge is 0.251 e. The Labute approximate surface area is 174 Å². The molecule has 0 aliphatic carbocycles. The number of carbonyl (C=O) groups excluding carboxylic acids is 3. The van der Waals surface area contributed by atoms with Crippen LogP contribution in [0.5, 0.6) is 0 Å². The second-order valence-corrected chi connectivity index (χ2v) is 8.26. The van der Waals surface area contributed by atoms with Crippen molar-refractivity contribution in [2.24, 2.45) is 0 Å². The van der Waals surface area contributed by atoms with E-state index in [0.717, 1.165) is 12.0 Å². The molecule has 1 N–H and O–H groups in total. The highest BCUT2D eigenvalue weighted by Gasteiger charge is 2.42. The molecule has 29 heavy (non-hydrogen) atoms. The van der Waals surface area contributed by atoms with E-state index in [1.54, 1.807) is 33.7 Å². The molecular formula is C22H23N3O3S. The molecule has 2 aromatic carbocycles. The molecule has 3 amide bonds. The van der Waals surface area contributed by atoms with E-state index in [2.05, 4.69) is 5.32 Å². The van der Waals surface area contributed by atoms with Crippen LogP contribution in [-0.2, 0) is 22.6 Å². The van der Waals surface area contributed by atoms with Gasteiger partial charge in [-0.2, -0.15) is 0 Å². The highest BCUT2D eigenvalue weighted by Crippen LogP contribution is 2.26. The molecule has 6 nitrogen and oxygen atoms in total. The fourth-order valence-electron chi connectivity index (χ4n) is 3.62. The van der Waals surface area contributed by atoms with Crippen LogP contribution in [-0.4, -0.2) is 58.3 Å². The zero-order chi connectivity index (χ0) is 20.2. The van der Waals surface area contributed by atoms with Crippen molar-refractivity contribution in [1.29, 1.82) is 0 Å². The van der Waals surface area contributed by atoms with Crippen LogP contribution in [0.25, 0.3) is 0 Å². The predicted molar refractivity (Wildman–Crippen MR) is 112 cm³/mol. The van der Waals surface area contributed by atoms with E-state index in [1.807, 2.05) is 42.5 Å². The number of amides is 3. The van der Waals surface area contributed by atoms with Crippen molar-refractivity contribution < 1.29 is 14.4 Å². The number of hydrogen-bond donors (Lipinski definition) is 1. The molecule has 150 valence electrons. The number of thioether (sulfide) groups is 1. The lowest BCUT2D eigenvalue weighted by atomic mass is 10.1. The second-order valence-electron chi connectivity index (χ2n) is 7.26. The first-order valence-corrected chi connectivity index (χ1v) is 10.8. The lowest BCUT2D eigenvalue weighted by Crippen LogP contribution is -2.57. The first-order valence-electron chi connectivity index (χ1n) is 9.69. The predicted octanol–water partition coefficient (Wildman–Crippen LogP) is 1.90. The van der Waals surface area contributed by atoms with Crippen molar-refractivity contribution >= 4 is 29.5 Å². The molecule has 2 aliphatic rings. The van der Waals surface area contributed by atoms with Gasteiger partial charge in [-0.3, -0.25) is 14.4 Å². The van der Waals surface area contributed by atoms with Gasteiger partial charge in [0.05, 0.1) is 5.88 Å². The van der Waals surface area contributed by atoms with Gasteiger partial charge in [-0.1, -0.05) is 42.5 Å². The highest BCUT2D eigenvalue weighted by atomic mass is 32.2. The van der Waals surface area contributed by atoms with Crippen molar-refractivity contribution in [3.05, 3.63) is 71.3 Å². The van der Waals surface area contributed by atoms with Crippen LogP contribution < -0.4 is 5.32 Å². The first kappa shape index (κ1) is 19.5. The van der Waals surface area contributed by atoms with Crippen LogP contribution in [0.4, 0.5) is 0 Å². The van der Waals surface area contributed by atoms with Crippen LogP contribution in [0.15, 0.2) is 54.6 Å². The molecule has 2 heterocycles. The molecule has 4 rings (SSSR count). The van der Waals surface area contributed by atoms with Crippen LogP contribution in [0.3, 0.4) is 0 Å². The third-order valence-corrected chi connectivity index (χ3v) is 6.27. The summed E-state index contributed by atoms with van der Waals surface area (Å²) in [6, 6.07) is 16.9.